The van der Waals surface area contributed by atoms with Crippen LogP contribution in [-0.4, -0.2) is 35.7 Å². The second-order valence-corrected chi connectivity index (χ2v) is 8.86. The Bertz CT molecular complexity index is 1270. The maximum atomic E-state index is 12.9. The van der Waals surface area contributed by atoms with Crippen molar-refractivity contribution in [2.75, 3.05) is 19.0 Å². The molecule has 0 bridgehead atoms. The Morgan fingerprint density at radius 3 is 2.46 bits per heavy atom. The highest BCUT2D eigenvalue weighted by Crippen LogP contribution is 2.35. The van der Waals surface area contributed by atoms with Crippen molar-refractivity contribution in [2.24, 2.45) is 0 Å². The number of rotatable bonds is 8. The molecule has 4 rings (SSSR count). The number of hydrogen-bond donors (Lipinski definition) is 1. The summed E-state index contributed by atoms with van der Waals surface area (Å²) in [6, 6.07) is 21.9. The second-order valence-electron chi connectivity index (χ2n) is 7.87. The molecule has 8 heteroatoms. The van der Waals surface area contributed by atoms with E-state index in [1.165, 1.54) is 12.0 Å². The molecule has 0 unspecified atom stereocenters. The van der Waals surface area contributed by atoms with Gasteiger partial charge in [0, 0.05) is 5.69 Å². The van der Waals surface area contributed by atoms with Crippen molar-refractivity contribution in [3.63, 3.8) is 0 Å². The van der Waals surface area contributed by atoms with Gasteiger partial charge in [-0.1, -0.05) is 54.1 Å². The maximum Gasteiger partial charge on any atom is 0.293 e. The quantitative estimate of drug-likeness (QED) is 0.436. The first-order valence-electron chi connectivity index (χ1n) is 10.9. The Hall–Kier alpha value is -4.04. The lowest BCUT2D eigenvalue weighted by Gasteiger charge is -2.13. The van der Waals surface area contributed by atoms with Crippen LogP contribution in [0.3, 0.4) is 0 Å². The van der Waals surface area contributed by atoms with Gasteiger partial charge in [0.1, 0.15) is 0 Å². The van der Waals surface area contributed by atoms with Gasteiger partial charge in [0.25, 0.3) is 17.1 Å². The number of para-hydroxylation sites is 1. The SMILES string of the molecule is COc1cc(/C=C2/SC(=O)N(Cc3ccc(C)cc3)C2=O)ccc1OCC(=O)Nc1ccccc1. The van der Waals surface area contributed by atoms with Gasteiger partial charge in [0.15, 0.2) is 18.1 Å². The fourth-order valence-electron chi connectivity index (χ4n) is 3.42. The Morgan fingerprint density at radius 1 is 1.00 bits per heavy atom. The van der Waals surface area contributed by atoms with Crippen molar-refractivity contribution in [1.29, 1.82) is 0 Å². The topological polar surface area (TPSA) is 84.9 Å². The molecule has 1 aliphatic heterocycles. The number of methoxy groups -OCH3 is 1. The molecule has 1 N–H and O–H groups in total. The molecule has 0 aliphatic carbocycles. The zero-order valence-corrected chi connectivity index (χ0v) is 20.1. The van der Waals surface area contributed by atoms with Gasteiger partial charge >= 0.3 is 0 Å². The summed E-state index contributed by atoms with van der Waals surface area (Å²) in [5, 5.41) is 2.44. The number of thioether (sulfide) groups is 1. The first-order chi connectivity index (χ1) is 16.9. The van der Waals surface area contributed by atoms with Crippen LogP contribution in [0.5, 0.6) is 11.5 Å². The van der Waals surface area contributed by atoms with Crippen molar-refractivity contribution in [3.05, 3.63) is 94.4 Å². The third-order valence-corrected chi connectivity index (χ3v) is 6.14. The number of nitrogens with one attached hydrogen (secondary N) is 1. The van der Waals surface area contributed by atoms with Crippen LogP contribution in [0.4, 0.5) is 10.5 Å². The molecule has 0 atom stereocenters. The van der Waals surface area contributed by atoms with Crippen LogP contribution < -0.4 is 14.8 Å². The van der Waals surface area contributed by atoms with Gasteiger partial charge in [-0.25, -0.2) is 0 Å². The van der Waals surface area contributed by atoms with E-state index in [4.69, 9.17) is 9.47 Å². The Labute approximate surface area is 207 Å². The summed E-state index contributed by atoms with van der Waals surface area (Å²) < 4.78 is 11.0. The third-order valence-electron chi connectivity index (χ3n) is 5.24. The maximum absolute atomic E-state index is 12.9. The number of anilines is 1. The zero-order chi connectivity index (χ0) is 24.8. The molecule has 0 aromatic heterocycles. The standard InChI is InChI=1S/C27H24N2O5S/c1-18-8-10-19(11-9-18)16-29-26(31)24(35-27(29)32)15-20-12-13-22(23(14-20)33-2)34-17-25(30)28-21-6-4-3-5-7-21/h3-15H,16-17H2,1-2H3,(H,28,30)/b24-15+. The van der Waals surface area contributed by atoms with Crippen molar-refractivity contribution in [3.8, 4) is 11.5 Å². The minimum atomic E-state index is -0.336. The largest absolute Gasteiger partial charge is 0.493 e. The van der Waals surface area contributed by atoms with E-state index >= 15 is 0 Å². The molecule has 1 aliphatic rings. The van der Waals surface area contributed by atoms with Gasteiger partial charge in [0.05, 0.1) is 18.6 Å². The monoisotopic (exact) mass is 488 g/mol. The van der Waals surface area contributed by atoms with Gasteiger partial charge in [0.2, 0.25) is 0 Å². The molecule has 3 amide bonds. The Kier molecular flexibility index (Phi) is 7.52. The van der Waals surface area contributed by atoms with Crippen molar-refractivity contribution >= 4 is 40.6 Å². The van der Waals surface area contributed by atoms with Crippen LogP contribution in [0.15, 0.2) is 77.7 Å². The van der Waals surface area contributed by atoms with Crippen LogP contribution in [0.25, 0.3) is 6.08 Å². The first-order valence-corrected chi connectivity index (χ1v) is 11.7. The fourth-order valence-corrected chi connectivity index (χ4v) is 4.26. The molecule has 0 saturated carbocycles. The predicted octanol–water partition coefficient (Wildman–Crippen LogP) is 5.26. The van der Waals surface area contributed by atoms with E-state index in [2.05, 4.69) is 5.32 Å². The number of carbonyl (C=O) groups excluding carboxylic acids is 3. The van der Waals surface area contributed by atoms with Gasteiger partial charge in [-0.3, -0.25) is 19.3 Å². The molecule has 0 radical (unpaired) electrons. The number of imide groups is 1. The lowest BCUT2D eigenvalue weighted by molar-refractivity contribution is -0.123. The Balaban J connectivity index is 1.42. The minimum absolute atomic E-state index is 0.192. The summed E-state index contributed by atoms with van der Waals surface area (Å²) in [7, 11) is 1.49. The first kappa shape index (κ1) is 24.1. The third kappa shape index (κ3) is 6.10. The predicted molar refractivity (Wildman–Crippen MR) is 136 cm³/mol. The summed E-state index contributed by atoms with van der Waals surface area (Å²) in [5.41, 5.74) is 3.35. The summed E-state index contributed by atoms with van der Waals surface area (Å²) in [6.45, 7) is 2.02. The number of nitrogens with zero attached hydrogens (tertiary/aromatic N) is 1. The highest BCUT2D eigenvalue weighted by Gasteiger charge is 2.35. The molecule has 3 aromatic rings. The normalized spacial score (nSPS) is 14.3. The number of benzene rings is 3. The van der Waals surface area contributed by atoms with E-state index < -0.39 is 0 Å². The average molecular weight is 489 g/mol. The summed E-state index contributed by atoms with van der Waals surface area (Å²) in [4.78, 5) is 39.0. The second kappa shape index (κ2) is 10.9. The van der Waals surface area contributed by atoms with Crippen LogP contribution >= 0.6 is 11.8 Å². The van der Waals surface area contributed by atoms with Gasteiger partial charge in [-0.05, 0) is 60.2 Å². The molecule has 178 valence electrons. The smallest absolute Gasteiger partial charge is 0.293 e. The van der Waals surface area contributed by atoms with E-state index in [0.717, 1.165) is 22.9 Å². The summed E-state index contributed by atoms with van der Waals surface area (Å²) in [5.74, 6) is 0.160. The molecular formula is C27H24N2O5S. The highest BCUT2D eigenvalue weighted by molar-refractivity contribution is 8.18. The lowest BCUT2D eigenvalue weighted by Crippen LogP contribution is -2.27. The summed E-state index contributed by atoms with van der Waals surface area (Å²) >= 11 is 0.905. The number of amides is 3. The number of carbonyl (C=O) groups is 3. The van der Waals surface area contributed by atoms with E-state index in [-0.39, 0.29) is 30.2 Å². The lowest BCUT2D eigenvalue weighted by atomic mass is 10.1. The number of ether oxygens (including phenoxy) is 2. The van der Waals surface area contributed by atoms with E-state index in [1.54, 1.807) is 36.4 Å². The van der Waals surface area contributed by atoms with Gasteiger partial charge in [-0.2, -0.15) is 0 Å². The van der Waals surface area contributed by atoms with Gasteiger partial charge < -0.3 is 14.8 Å². The molecule has 1 fully saturated rings. The molecule has 1 saturated heterocycles. The van der Waals surface area contributed by atoms with Crippen LogP contribution in [0.2, 0.25) is 0 Å². The average Bonchev–Trinajstić information content (AvgIpc) is 3.12. The zero-order valence-electron chi connectivity index (χ0n) is 19.3. The number of aryl methyl sites for hydroxylation is 1. The van der Waals surface area contributed by atoms with E-state index in [9.17, 15) is 14.4 Å². The van der Waals surface area contributed by atoms with E-state index in [0.29, 0.717) is 27.7 Å². The number of hydrogen-bond acceptors (Lipinski definition) is 6. The van der Waals surface area contributed by atoms with E-state index in [1.807, 2.05) is 49.4 Å². The van der Waals surface area contributed by atoms with Gasteiger partial charge in [-0.15, -0.1) is 0 Å². The van der Waals surface area contributed by atoms with Crippen LogP contribution in [0, 0.1) is 6.92 Å². The molecule has 3 aromatic carbocycles. The van der Waals surface area contributed by atoms with Crippen molar-refractivity contribution in [2.45, 2.75) is 13.5 Å². The summed E-state index contributed by atoms with van der Waals surface area (Å²) in [6.07, 6.45) is 1.65. The van der Waals surface area contributed by atoms with Crippen molar-refractivity contribution in [1.82, 2.24) is 4.90 Å². The van der Waals surface area contributed by atoms with Crippen molar-refractivity contribution < 1.29 is 23.9 Å². The molecule has 7 nitrogen and oxygen atoms in total. The molecule has 0 spiro atoms. The molecule has 35 heavy (non-hydrogen) atoms. The molecular weight excluding hydrogens is 464 g/mol. The molecule has 1 heterocycles. The van der Waals surface area contributed by atoms with Crippen LogP contribution in [0.1, 0.15) is 16.7 Å². The fraction of sp³-hybridized carbons (Fsp3) is 0.148. The minimum Gasteiger partial charge on any atom is -0.493 e. The Morgan fingerprint density at radius 2 is 1.74 bits per heavy atom. The highest BCUT2D eigenvalue weighted by atomic mass is 32.2. The van der Waals surface area contributed by atoms with Crippen LogP contribution in [-0.2, 0) is 16.1 Å².